The van der Waals surface area contributed by atoms with Crippen LogP contribution in [0.2, 0.25) is 0 Å². The van der Waals surface area contributed by atoms with Gasteiger partial charge in [0.1, 0.15) is 18.8 Å². The predicted octanol–water partition coefficient (Wildman–Crippen LogP) is 2.05. The van der Waals surface area contributed by atoms with Crippen LogP contribution >= 0.6 is 0 Å². The van der Waals surface area contributed by atoms with Gasteiger partial charge in [-0.25, -0.2) is 4.79 Å². The number of esters is 1. The number of rotatable bonds is 12. The van der Waals surface area contributed by atoms with E-state index < -0.39 is 17.7 Å². The summed E-state index contributed by atoms with van der Waals surface area (Å²) >= 11 is 0. The maximum absolute atomic E-state index is 11.8. The van der Waals surface area contributed by atoms with Crippen molar-refractivity contribution in [3.05, 3.63) is 35.9 Å². The molecule has 1 aromatic carbocycles. The Bertz CT molecular complexity index is 716. The van der Waals surface area contributed by atoms with Crippen LogP contribution in [-0.2, 0) is 30.5 Å². The van der Waals surface area contributed by atoms with Crippen LogP contribution in [0.4, 0.5) is 4.79 Å². The van der Waals surface area contributed by atoms with Gasteiger partial charge in [-0.05, 0) is 39.2 Å². The highest BCUT2D eigenvalue weighted by Crippen LogP contribution is 2.06. The summed E-state index contributed by atoms with van der Waals surface area (Å²) in [4.78, 5) is 46.6. The zero-order valence-electron chi connectivity index (χ0n) is 18.5. The van der Waals surface area contributed by atoms with Crippen molar-refractivity contribution in [2.45, 2.75) is 58.7 Å². The topological polar surface area (TPSA) is 123 Å². The Morgan fingerprint density at radius 2 is 1.42 bits per heavy atom. The SMILES string of the molecule is CC(C)(C)OC(=O)CNC(=O)CCCNC(=O)CCCNC(=O)OCc1ccccc1. The largest absolute Gasteiger partial charge is 0.459 e. The van der Waals surface area contributed by atoms with Crippen LogP contribution in [0.3, 0.4) is 0 Å². The van der Waals surface area contributed by atoms with E-state index in [1.165, 1.54) is 0 Å². The molecule has 0 spiro atoms. The molecule has 1 rings (SSSR count). The van der Waals surface area contributed by atoms with Gasteiger partial charge >= 0.3 is 12.1 Å². The first-order valence-corrected chi connectivity index (χ1v) is 10.4. The van der Waals surface area contributed by atoms with Crippen molar-refractivity contribution in [2.24, 2.45) is 0 Å². The quantitative estimate of drug-likeness (QED) is 0.341. The molecule has 0 atom stereocenters. The van der Waals surface area contributed by atoms with Crippen LogP contribution in [0.25, 0.3) is 0 Å². The Hall–Kier alpha value is -3.10. The zero-order chi connectivity index (χ0) is 23.1. The number of hydrogen-bond donors (Lipinski definition) is 3. The predicted molar refractivity (Wildman–Crippen MR) is 115 cm³/mol. The van der Waals surface area contributed by atoms with E-state index in [0.29, 0.717) is 25.9 Å². The maximum Gasteiger partial charge on any atom is 0.407 e. The van der Waals surface area contributed by atoms with Gasteiger partial charge in [-0.2, -0.15) is 0 Å². The molecule has 0 aromatic heterocycles. The van der Waals surface area contributed by atoms with Gasteiger partial charge in [0, 0.05) is 25.9 Å². The third kappa shape index (κ3) is 14.5. The third-order valence-corrected chi connectivity index (χ3v) is 3.82. The number of carbonyl (C=O) groups excluding carboxylic acids is 4. The lowest BCUT2D eigenvalue weighted by Crippen LogP contribution is -2.35. The lowest BCUT2D eigenvalue weighted by atomic mass is 10.2. The molecule has 1 aromatic rings. The van der Waals surface area contributed by atoms with Gasteiger partial charge in [0.05, 0.1) is 0 Å². The minimum atomic E-state index is -0.593. The summed E-state index contributed by atoms with van der Waals surface area (Å²) in [6.07, 6.45) is 0.849. The van der Waals surface area contributed by atoms with Gasteiger partial charge < -0.3 is 25.4 Å². The number of ether oxygens (including phenoxy) is 2. The Labute approximate surface area is 183 Å². The van der Waals surface area contributed by atoms with Crippen molar-refractivity contribution < 1.29 is 28.7 Å². The smallest absolute Gasteiger partial charge is 0.407 e. The summed E-state index contributed by atoms with van der Waals surface area (Å²) in [5.74, 6) is -0.932. The molecule has 0 saturated heterocycles. The van der Waals surface area contributed by atoms with E-state index in [1.807, 2.05) is 30.3 Å². The highest BCUT2D eigenvalue weighted by atomic mass is 16.6. The highest BCUT2D eigenvalue weighted by Gasteiger charge is 2.16. The summed E-state index contributed by atoms with van der Waals surface area (Å²) in [6, 6.07) is 9.35. The van der Waals surface area contributed by atoms with Crippen molar-refractivity contribution in [1.29, 1.82) is 0 Å². The Kier molecular flexibility index (Phi) is 11.7. The fraction of sp³-hybridized carbons (Fsp3) is 0.545. The van der Waals surface area contributed by atoms with Gasteiger partial charge in [0.15, 0.2) is 0 Å². The number of carbonyl (C=O) groups is 4. The molecule has 0 aliphatic carbocycles. The molecule has 3 amide bonds. The van der Waals surface area contributed by atoms with E-state index in [2.05, 4.69) is 16.0 Å². The molecule has 9 heteroatoms. The number of hydrogen-bond acceptors (Lipinski definition) is 6. The Balaban J connectivity index is 2.00. The Morgan fingerprint density at radius 3 is 2.03 bits per heavy atom. The molecule has 9 nitrogen and oxygen atoms in total. The first-order chi connectivity index (χ1) is 14.7. The summed E-state index contributed by atoms with van der Waals surface area (Å²) in [5, 5.41) is 7.80. The Morgan fingerprint density at radius 1 is 0.839 bits per heavy atom. The molecule has 0 heterocycles. The lowest BCUT2D eigenvalue weighted by molar-refractivity contribution is -0.154. The molecule has 0 unspecified atom stereocenters. The summed E-state index contributed by atoms with van der Waals surface area (Å²) in [6.45, 7) is 5.95. The lowest BCUT2D eigenvalue weighted by Gasteiger charge is -2.19. The fourth-order valence-corrected chi connectivity index (χ4v) is 2.42. The van der Waals surface area contributed by atoms with Crippen molar-refractivity contribution in [3.8, 4) is 0 Å². The second-order valence-electron chi connectivity index (χ2n) is 7.91. The normalized spacial score (nSPS) is 10.7. The van der Waals surface area contributed by atoms with Crippen LogP contribution in [0, 0.1) is 0 Å². The van der Waals surface area contributed by atoms with Gasteiger partial charge in [-0.15, -0.1) is 0 Å². The highest BCUT2D eigenvalue weighted by molar-refractivity contribution is 5.82. The molecular formula is C22H33N3O6. The molecular weight excluding hydrogens is 402 g/mol. The minimum absolute atomic E-state index is 0.159. The van der Waals surface area contributed by atoms with Crippen LogP contribution in [0.15, 0.2) is 30.3 Å². The molecule has 172 valence electrons. The van der Waals surface area contributed by atoms with Crippen molar-refractivity contribution in [2.75, 3.05) is 19.6 Å². The third-order valence-electron chi connectivity index (χ3n) is 3.82. The van der Waals surface area contributed by atoms with Crippen LogP contribution in [-0.4, -0.2) is 49.1 Å². The van der Waals surface area contributed by atoms with Gasteiger partial charge in [-0.3, -0.25) is 14.4 Å². The standard InChI is InChI=1S/C22H33N3O6/c1-22(2,3)31-20(28)15-25-19(27)12-7-13-23-18(26)11-8-14-24-21(29)30-16-17-9-5-4-6-10-17/h4-6,9-10H,7-8,11-16H2,1-3H3,(H,23,26)(H,24,29)(H,25,27). The van der Waals surface area contributed by atoms with E-state index in [1.54, 1.807) is 20.8 Å². The van der Waals surface area contributed by atoms with Crippen LogP contribution < -0.4 is 16.0 Å². The number of alkyl carbamates (subject to hydrolysis) is 1. The van der Waals surface area contributed by atoms with Crippen molar-refractivity contribution in [1.82, 2.24) is 16.0 Å². The maximum atomic E-state index is 11.8. The molecule has 0 aliphatic heterocycles. The van der Waals surface area contributed by atoms with Crippen molar-refractivity contribution in [3.63, 3.8) is 0 Å². The molecule has 31 heavy (non-hydrogen) atoms. The zero-order valence-corrected chi connectivity index (χ0v) is 18.5. The molecule has 0 aliphatic rings. The summed E-state index contributed by atoms with van der Waals surface area (Å²) in [7, 11) is 0. The monoisotopic (exact) mass is 435 g/mol. The molecule has 0 fully saturated rings. The van der Waals surface area contributed by atoms with E-state index in [9.17, 15) is 19.2 Å². The molecule has 3 N–H and O–H groups in total. The first kappa shape index (κ1) is 25.9. The van der Waals surface area contributed by atoms with E-state index in [-0.39, 0.29) is 37.8 Å². The number of nitrogens with one attached hydrogen (secondary N) is 3. The molecule has 0 bridgehead atoms. The van der Waals surface area contributed by atoms with E-state index in [4.69, 9.17) is 9.47 Å². The summed E-state index contributed by atoms with van der Waals surface area (Å²) in [5.41, 5.74) is 0.305. The number of benzene rings is 1. The minimum Gasteiger partial charge on any atom is -0.459 e. The van der Waals surface area contributed by atoms with Crippen LogP contribution in [0.1, 0.15) is 52.0 Å². The molecule has 0 radical (unpaired) electrons. The van der Waals surface area contributed by atoms with Gasteiger partial charge in [0.25, 0.3) is 0 Å². The van der Waals surface area contributed by atoms with Crippen LogP contribution in [0.5, 0.6) is 0 Å². The second-order valence-corrected chi connectivity index (χ2v) is 7.91. The fourth-order valence-electron chi connectivity index (χ4n) is 2.42. The summed E-state index contributed by atoms with van der Waals surface area (Å²) < 4.78 is 10.2. The van der Waals surface area contributed by atoms with Gasteiger partial charge in [-0.1, -0.05) is 30.3 Å². The molecule has 0 saturated carbocycles. The second kappa shape index (κ2) is 14.0. The first-order valence-electron chi connectivity index (χ1n) is 10.4. The number of amides is 3. The van der Waals surface area contributed by atoms with E-state index in [0.717, 1.165) is 5.56 Å². The average molecular weight is 436 g/mol. The van der Waals surface area contributed by atoms with E-state index >= 15 is 0 Å². The van der Waals surface area contributed by atoms with Gasteiger partial charge in [0.2, 0.25) is 11.8 Å². The van der Waals surface area contributed by atoms with Crippen molar-refractivity contribution >= 4 is 23.9 Å². The average Bonchev–Trinajstić information content (AvgIpc) is 2.71.